The summed E-state index contributed by atoms with van der Waals surface area (Å²) in [4.78, 5) is 0. The van der Waals surface area contributed by atoms with E-state index in [2.05, 4.69) is 36.5 Å². The average Bonchev–Trinajstić information content (AvgIpc) is 2.87. The smallest absolute Gasteiger partial charge is 0.124 e. The zero-order valence-electron chi connectivity index (χ0n) is 11.2. The molecule has 1 aromatic carbocycles. The number of ether oxygens (including phenoxy) is 1. The van der Waals surface area contributed by atoms with E-state index < -0.39 is 0 Å². The van der Waals surface area contributed by atoms with E-state index in [4.69, 9.17) is 4.74 Å². The standard InChI is InChI=1S/C16H23NO/c1-2-12-7-8-13(11-12)17-15-9-10-18-16-6-4-3-5-14(15)16/h3-6,12-13,15,17H,2,7-11H2,1H3. The molecule has 1 heterocycles. The molecule has 0 bridgehead atoms. The highest BCUT2D eigenvalue weighted by molar-refractivity contribution is 5.37. The Hall–Kier alpha value is -1.02. The number of hydrogen-bond donors (Lipinski definition) is 1. The Balaban J connectivity index is 1.67. The third-order valence-electron chi connectivity index (χ3n) is 4.51. The fraction of sp³-hybridized carbons (Fsp3) is 0.625. The van der Waals surface area contributed by atoms with Gasteiger partial charge in [-0.25, -0.2) is 0 Å². The van der Waals surface area contributed by atoms with Crippen molar-refractivity contribution in [2.45, 2.75) is 51.1 Å². The Kier molecular flexibility index (Phi) is 3.55. The molecule has 1 N–H and O–H groups in total. The van der Waals surface area contributed by atoms with Crippen molar-refractivity contribution < 1.29 is 4.74 Å². The van der Waals surface area contributed by atoms with Gasteiger partial charge < -0.3 is 10.1 Å². The normalized spacial score (nSPS) is 30.8. The topological polar surface area (TPSA) is 21.3 Å². The summed E-state index contributed by atoms with van der Waals surface area (Å²) in [6.45, 7) is 3.16. The first kappa shape index (κ1) is 12.0. The fourth-order valence-corrected chi connectivity index (χ4v) is 3.40. The summed E-state index contributed by atoms with van der Waals surface area (Å²) in [5, 5.41) is 3.86. The van der Waals surface area contributed by atoms with E-state index in [9.17, 15) is 0 Å². The molecule has 1 fully saturated rings. The lowest BCUT2D eigenvalue weighted by Crippen LogP contribution is -2.34. The van der Waals surface area contributed by atoms with Crippen molar-refractivity contribution in [2.24, 2.45) is 5.92 Å². The van der Waals surface area contributed by atoms with Crippen molar-refractivity contribution in [3.05, 3.63) is 29.8 Å². The lowest BCUT2D eigenvalue weighted by atomic mass is 9.99. The predicted octanol–water partition coefficient (Wildman–Crippen LogP) is 3.68. The summed E-state index contributed by atoms with van der Waals surface area (Å²) in [6.07, 6.45) is 6.54. The molecule has 0 amide bonds. The minimum atomic E-state index is 0.496. The zero-order valence-corrected chi connectivity index (χ0v) is 11.2. The molecule has 0 saturated heterocycles. The van der Waals surface area contributed by atoms with E-state index in [1.807, 2.05) is 0 Å². The molecule has 1 saturated carbocycles. The van der Waals surface area contributed by atoms with Crippen LogP contribution in [0.3, 0.4) is 0 Å². The second kappa shape index (κ2) is 5.31. The second-order valence-electron chi connectivity index (χ2n) is 5.68. The molecule has 0 aromatic heterocycles. The Morgan fingerprint density at radius 3 is 2.94 bits per heavy atom. The number of benzene rings is 1. The molecule has 2 aliphatic rings. The van der Waals surface area contributed by atoms with Crippen LogP contribution in [0.25, 0.3) is 0 Å². The van der Waals surface area contributed by atoms with E-state index in [1.54, 1.807) is 0 Å². The van der Waals surface area contributed by atoms with Gasteiger partial charge in [0.05, 0.1) is 6.61 Å². The molecule has 2 nitrogen and oxygen atoms in total. The first-order chi connectivity index (χ1) is 8.86. The summed E-state index contributed by atoms with van der Waals surface area (Å²) in [7, 11) is 0. The largest absolute Gasteiger partial charge is 0.493 e. The van der Waals surface area contributed by atoms with Crippen LogP contribution in [0, 0.1) is 5.92 Å². The van der Waals surface area contributed by atoms with Crippen molar-refractivity contribution >= 4 is 0 Å². The molecular weight excluding hydrogens is 222 g/mol. The van der Waals surface area contributed by atoms with E-state index in [0.717, 1.165) is 24.7 Å². The number of para-hydroxylation sites is 1. The van der Waals surface area contributed by atoms with Crippen LogP contribution in [-0.4, -0.2) is 12.6 Å². The maximum Gasteiger partial charge on any atom is 0.124 e. The summed E-state index contributed by atoms with van der Waals surface area (Å²) in [6, 6.07) is 9.68. The average molecular weight is 245 g/mol. The highest BCUT2D eigenvalue weighted by Gasteiger charge is 2.28. The Labute approximate surface area is 110 Å². The van der Waals surface area contributed by atoms with Crippen LogP contribution < -0.4 is 10.1 Å². The van der Waals surface area contributed by atoms with Gasteiger partial charge in [0.25, 0.3) is 0 Å². The van der Waals surface area contributed by atoms with Gasteiger partial charge in [-0.2, -0.15) is 0 Å². The fourth-order valence-electron chi connectivity index (χ4n) is 3.40. The maximum atomic E-state index is 5.72. The van der Waals surface area contributed by atoms with Gasteiger partial charge in [-0.1, -0.05) is 31.5 Å². The number of hydrogen-bond acceptors (Lipinski definition) is 2. The SMILES string of the molecule is CCC1CCC(NC2CCOc3ccccc32)C1. The molecule has 1 aliphatic heterocycles. The minimum Gasteiger partial charge on any atom is -0.493 e. The summed E-state index contributed by atoms with van der Waals surface area (Å²) in [5.74, 6) is 2.02. The molecule has 18 heavy (non-hydrogen) atoms. The van der Waals surface area contributed by atoms with Crippen molar-refractivity contribution in [1.82, 2.24) is 5.32 Å². The number of nitrogens with one attached hydrogen (secondary N) is 1. The minimum absolute atomic E-state index is 0.496. The van der Waals surface area contributed by atoms with E-state index in [0.29, 0.717) is 12.1 Å². The molecule has 3 unspecified atom stereocenters. The molecule has 98 valence electrons. The van der Waals surface area contributed by atoms with E-state index in [-0.39, 0.29) is 0 Å². The Morgan fingerprint density at radius 1 is 1.22 bits per heavy atom. The number of fused-ring (bicyclic) bond motifs is 1. The molecule has 1 aromatic rings. The molecule has 3 rings (SSSR count). The van der Waals surface area contributed by atoms with Crippen LogP contribution in [0.4, 0.5) is 0 Å². The van der Waals surface area contributed by atoms with Crippen LogP contribution in [0.15, 0.2) is 24.3 Å². The lowest BCUT2D eigenvalue weighted by Gasteiger charge is -2.29. The summed E-state index contributed by atoms with van der Waals surface area (Å²) < 4.78 is 5.72. The van der Waals surface area contributed by atoms with Crippen molar-refractivity contribution in [2.75, 3.05) is 6.61 Å². The van der Waals surface area contributed by atoms with Crippen LogP contribution in [0.5, 0.6) is 5.75 Å². The van der Waals surface area contributed by atoms with Gasteiger partial charge in [0.2, 0.25) is 0 Å². The monoisotopic (exact) mass is 245 g/mol. The van der Waals surface area contributed by atoms with Gasteiger partial charge in [0, 0.05) is 24.1 Å². The van der Waals surface area contributed by atoms with Crippen molar-refractivity contribution in [3.8, 4) is 5.75 Å². The Morgan fingerprint density at radius 2 is 2.11 bits per heavy atom. The van der Waals surface area contributed by atoms with Gasteiger partial charge in [-0.05, 0) is 31.2 Å². The highest BCUT2D eigenvalue weighted by atomic mass is 16.5. The zero-order chi connectivity index (χ0) is 12.4. The van der Waals surface area contributed by atoms with Crippen LogP contribution in [-0.2, 0) is 0 Å². The van der Waals surface area contributed by atoms with Gasteiger partial charge in [0.15, 0.2) is 0 Å². The van der Waals surface area contributed by atoms with E-state index >= 15 is 0 Å². The predicted molar refractivity (Wildman–Crippen MR) is 73.9 cm³/mol. The molecule has 0 spiro atoms. The molecule has 3 atom stereocenters. The highest BCUT2D eigenvalue weighted by Crippen LogP contribution is 2.35. The third kappa shape index (κ3) is 2.39. The van der Waals surface area contributed by atoms with Crippen LogP contribution in [0.1, 0.15) is 50.6 Å². The first-order valence-corrected chi connectivity index (χ1v) is 7.34. The molecule has 2 heteroatoms. The van der Waals surface area contributed by atoms with Crippen molar-refractivity contribution in [1.29, 1.82) is 0 Å². The van der Waals surface area contributed by atoms with Crippen LogP contribution >= 0.6 is 0 Å². The van der Waals surface area contributed by atoms with Gasteiger partial charge in [-0.15, -0.1) is 0 Å². The molecule has 1 aliphatic carbocycles. The first-order valence-electron chi connectivity index (χ1n) is 7.34. The quantitative estimate of drug-likeness (QED) is 0.877. The molecule has 0 radical (unpaired) electrons. The second-order valence-corrected chi connectivity index (χ2v) is 5.68. The van der Waals surface area contributed by atoms with E-state index in [1.165, 1.54) is 31.2 Å². The lowest BCUT2D eigenvalue weighted by molar-refractivity contribution is 0.243. The maximum absolute atomic E-state index is 5.72. The summed E-state index contributed by atoms with van der Waals surface area (Å²) >= 11 is 0. The third-order valence-corrected chi connectivity index (χ3v) is 4.51. The van der Waals surface area contributed by atoms with Crippen LogP contribution in [0.2, 0.25) is 0 Å². The Bertz CT molecular complexity index is 404. The molecular formula is C16H23NO. The van der Waals surface area contributed by atoms with Gasteiger partial charge >= 0.3 is 0 Å². The van der Waals surface area contributed by atoms with Crippen molar-refractivity contribution in [3.63, 3.8) is 0 Å². The summed E-state index contributed by atoms with van der Waals surface area (Å²) in [5.41, 5.74) is 1.35. The van der Waals surface area contributed by atoms with Gasteiger partial charge in [-0.3, -0.25) is 0 Å². The van der Waals surface area contributed by atoms with Gasteiger partial charge in [0.1, 0.15) is 5.75 Å². The number of rotatable bonds is 3.